The third-order valence-electron chi connectivity index (χ3n) is 3.44. The zero-order valence-corrected chi connectivity index (χ0v) is 21.8. The molecule has 0 saturated carbocycles. The van der Waals surface area contributed by atoms with E-state index in [0.717, 1.165) is 24.2 Å². The molecule has 8 nitrogen and oxygen atoms in total. The average molecular weight is 540 g/mol. The van der Waals surface area contributed by atoms with Gasteiger partial charge in [0.1, 0.15) is 24.8 Å². The summed E-state index contributed by atoms with van der Waals surface area (Å²) >= 11 is 15.0. The van der Waals surface area contributed by atoms with Crippen molar-refractivity contribution in [1.82, 2.24) is 9.97 Å². The van der Waals surface area contributed by atoms with Gasteiger partial charge in [0, 0.05) is 20.5 Å². The van der Waals surface area contributed by atoms with Crippen LogP contribution in [0.2, 0.25) is 0 Å². The Kier molecular flexibility index (Phi) is 13.1. The second-order valence-electron chi connectivity index (χ2n) is 6.24. The molecule has 2 rings (SSSR count). The summed E-state index contributed by atoms with van der Waals surface area (Å²) in [6, 6.07) is 0. The number of aryl methyl sites for hydroxylation is 2. The van der Waals surface area contributed by atoms with Gasteiger partial charge < -0.3 is 9.11 Å². The number of thiazole rings is 2. The van der Waals surface area contributed by atoms with E-state index in [-0.39, 0.29) is 10.8 Å². The highest BCUT2D eigenvalue weighted by Gasteiger charge is 2.16. The van der Waals surface area contributed by atoms with Crippen molar-refractivity contribution >= 4 is 66.1 Å². The zero-order valence-electron chi connectivity index (χ0n) is 17.0. The van der Waals surface area contributed by atoms with Crippen molar-refractivity contribution in [1.29, 1.82) is 0 Å². The first-order chi connectivity index (χ1) is 13.6. The number of hydrogen-bond acceptors (Lipinski definition) is 10. The van der Waals surface area contributed by atoms with E-state index >= 15 is 0 Å². The molecule has 174 valence electrons. The van der Waals surface area contributed by atoms with Gasteiger partial charge in [-0.2, -0.15) is 0 Å². The maximum atomic E-state index is 9.84. The quantitative estimate of drug-likeness (QED) is 0.400. The van der Waals surface area contributed by atoms with Crippen LogP contribution in [0.3, 0.4) is 0 Å². The van der Waals surface area contributed by atoms with Gasteiger partial charge in [-0.05, 0) is 47.5 Å². The average Bonchev–Trinajstić information content (AvgIpc) is 3.14. The molecule has 0 spiro atoms. The Morgan fingerprint density at radius 2 is 1.13 bits per heavy atom. The molecular formula is C16H24Cl2N2O6S4-2. The van der Waals surface area contributed by atoms with Gasteiger partial charge in [0.25, 0.3) is 0 Å². The van der Waals surface area contributed by atoms with E-state index in [0.29, 0.717) is 6.92 Å². The van der Waals surface area contributed by atoms with Gasteiger partial charge in [-0.25, -0.2) is 26.8 Å². The van der Waals surface area contributed by atoms with Gasteiger partial charge in [-0.1, -0.05) is 0 Å². The number of nitrogens with zero attached hydrogens (tertiary/aromatic N) is 2. The molecule has 0 amide bonds. The molecule has 0 saturated heterocycles. The molecule has 0 aromatic carbocycles. The Bertz CT molecular complexity index is 893. The standard InChI is InChI=1S/2C7H10ClNS.C2H6O6S2/c2*1-5(8)3-7-6(2)9-4-10-7;1-2(9(3,4)5)10(6,7)8/h2*4-5H,3H2,1-2H3;2H,1H3,(H,3,4,5)(H,6,7,8)/p-2. The third kappa shape index (κ3) is 12.5. The highest BCUT2D eigenvalue weighted by molar-refractivity contribution is 8.03. The number of hydrogen-bond donors (Lipinski definition) is 0. The molecular weight excluding hydrogens is 515 g/mol. The van der Waals surface area contributed by atoms with Crippen LogP contribution in [0, 0.1) is 13.8 Å². The molecule has 0 radical (unpaired) electrons. The third-order valence-corrected chi connectivity index (χ3v) is 8.70. The monoisotopic (exact) mass is 538 g/mol. The van der Waals surface area contributed by atoms with Crippen molar-refractivity contribution in [3.8, 4) is 0 Å². The minimum atomic E-state index is -5.01. The molecule has 0 fully saturated rings. The summed E-state index contributed by atoms with van der Waals surface area (Å²) in [6.45, 7) is 8.57. The minimum Gasteiger partial charge on any atom is -0.747 e. The summed E-state index contributed by atoms with van der Waals surface area (Å²) in [5.74, 6) is 0. The van der Waals surface area contributed by atoms with Crippen LogP contribution >= 0.6 is 45.9 Å². The van der Waals surface area contributed by atoms with Gasteiger partial charge in [0.15, 0.2) is 0 Å². The normalized spacial score (nSPS) is 13.7. The molecule has 0 aliphatic heterocycles. The molecule has 2 aromatic heterocycles. The molecule has 30 heavy (non-hydrogen) atoms. The van der Waals surface area contributed by atoms with Gasteiger partial charge >= 0.3 is 0 Å². The fourth-order valence-corrected chi connectivity index (χ4v) is 5.16. The van der Waals surface area contributed by atoms with Crippen LogP contribution in [0.1, 0.15) is 41.9 Å². The first kappa shape index (κ1) is 29.7. The van der Waals surface area contributed by atoms with Crippen molar-refractivity contribution < 1.29 is 25.9 Å². The van der Waals surface area contributed by atoms with Crippen molar-refractivity contribution in [2.45, 2.75) is 62.8 Å². The SMILES string of the molecule is CC(S(=O)(=O)[O-])S(=O)(=O)[O-].Cc1ncsc1CC(C)Cl.Cc1ncsc1CC(C)Cl. The fourth-order valence-electron chi connectivity index (χ4n) is 1.70. The van der Waals surface area contributed by atoms with Crippen molar-refractivity contribution in [2.24, 2.45) is 0 Å². The van der Waals surface area contributed by atoms with E-state index in [1.165, 1.54) is 9.75 Å². The van der Waals surface area contributed by atoms with Crippen molar-refractivity contribution in [3.63, 3.8) is 0 Å². The van der Waals surface area contributed by atoms with Crippen LogP contribution in [0.15, 0.2) is 11.0 Å². The van der Waals surface area contributed by atoms with E-state index in [9.17, 15) is 25.9 Å². The van der Waals surface area contributed by atoms with Gasteiger partial charge in [0.2, 0.25) is 0 Å². The maximum absolute atomic E-state index is 9.84. The predicted molar refractivity (Wildman–Crippen MR) is 121 cm³/mol. The number of rotatable bonds is 6. The first-order valence-corrected chi connectivity index (χ1v) is 14.1. The molecule has 2 unspecified atom stereocenters. The molecule has 0 aliphatic rings. The van der Waals surface area contributed by atoms with Crippen LogP contribution in [-0.4, -0.2) is 51.2 Å². The first-order valence-electron chi connectivity index (χ1n) is 8.51. The fraction of sp³-hybridized carbons (Fsp3) is 0.625. The summed E-state index contributed by atoms with van der Waals surface area (Å²) in [5.41, 5.74) is 5.98. The maximum Gasteiger partial charge on any atom is 0.136 e. The van der Waals surface area contributed by atoms with Crippen LogP contribution in [-0.2, 0) is 33.1 Å². The largest absolute Gasteiger partial charge is 0.747 e. The van der Waals surface area contributed by atoms with E-state index in [4.69, 9.17) is 23.2 Å². The van der Waals surface area contributed by atoms with Crippen LogP contribution in [0.4, 0.5) is 0 Å². The Morgan fingerprint density at radius 1 is 0.833 bits per heavy atom. The number of alkyl halides is 2. The summed E-state index contributed by atoms with van der Waals surface area (Å²) in [4.78, 5) is 10.9. The Morgan fingerprint density at radius 3 is 1.27 bits per heavy atom. The van der Waals surface area contributed by atoms with E-state index in [1.54, 1.807) is 22.7 Å². The zero-order chi connectivity index (χ0) is 23.7. The van der Waals surface area contributed by atoms with E-state index in [1.807, 2.05) is 38.7 Å². The van der Waals surface area contributed by atoms with E-state index < -0.39 is 24.8 Å². The van der Waals surface area contributed by atoms with Crippen LogP contribution < -0.4 is 0 Å². The molecule has 0 N–H and O–H groups in total. The molecule has 0 bridgehead atoms. The molecule has 0 aliphatic carbocycles. The molecule has 2 aromatic rings. The van der Waals surface area contributed by atoms with Crippen LogP contribution in [0.25, 0.3) is 0 Å². The smallest absolute Gasteiger partial charge is 0.136 e. The minimum absolute atomic E-state index is 0.221. The number of halogens is 2. The van der Waals surface area contributed by atoms with Gasteiger partial charge in [-0.15, -0.1) is 45.9 Å². The summed E-state index contributed by atoms with van der Waals surface area (Å²) in [7, 11) is -10.0. The van der Waals surface area contributed by atoms with Crippen molar-refractivity contribution in [2.75, 3.05) is 0 Å². The lowest BCUT2D eigenvalue weighted by molar-refractivity contribution is 0.438. The number of aromatic nitrogens is 2. The molecule has 2 atom stereocenters. The van der Waals surface area contributed by atoms with Crippen molar-refractivity contribution in [3.05, 3.63) is 32.2 Å². The second-order valence-corrected chi connectivity index (χ2v) is 13.3. The predicted octanol–water partition coefficient (Wildman–Crippen LogP) is 3.67. The molecule has 14 heteroatoms. The summed E-state index contributed by atoms with van der Waals surface area (Å²) in [6.07, 6.45) is 1.89. The highest BCUT2D eigenvalue weighted by atomic mass is 35.5. The highest BCUT2D eigenvalue weighted by Crippen LogP contribution is 2.17. The van der Waals surface area contributed by atoms with Crippen LogP contribution in [0.5, 0.6) is 0 Å². The summed E-state index contributed by atoms with van der Waals surface area (Å²) in [5, 5.41) is 0.443. The van der Waals surface area contributed by atoms with Gasteiger partial charge in [-0.3, -0.25) is 0 Å². The lowest BCUT2D eigenvalue weighted by Gasteiger charge is -2.18. The molecule has 2 heterocycles. The van der Waals surface area contributed by atoms with E-state index in [2.05, 4.69) is 9.97 Å². The second kappa shape index (κ2) is 13.3. The van der Waals surface area contributed by atoms with Gasteiger partial charge in [0.05, 0.1) is 22.4 Å². The Labute approximate surface area is 196 Å². The topological polar surface area (TPSA) is 140 Å². The Hall–Kier alpha value is -0.340. The lowest BCUT2D eigenvalue weighted by Crippen LogP contribution is -2.26. The summed E-state index contributed by atoms with van der Waals surface area (Å²) < 4.78 is 56.7. The lowest BCUT2D eigenvalue weighted by atomic mass is 10.2. The Balaban J connectivity index is 0.000000420.